The number of carbonyl (C=O) groups excluding carboxylic acids is 1. The summed E-state index contributed by atoms with van der Waals surface area (Å²) in [6.07, 6.45) is 3.98. The van der Waals surface area contributed by atoms with Crippen molar-refractivity contribution in [2.75, 3.05) is 26.2 Å². The molecule has 2 aliphatic heterocycles. The Bertz CT molecular complexity index is 465. The van der Waals surface area contributed by atoms with E-state index in [0.29, 0.717) is 17.6 Å². The lowest BCUT2D eigenvalue weighted by atomic mass is 9.93. The third kappa shape index (κ3) is 3.74. The summed E-state index contributed by atoms with van der Waals surface area (Å²) >= 11 is 0. The van der Waals surface area contributed by atoms with Gasteiger partial charge in [-0.2, -0.15) is 4.98 Å². The second kappa shape index (κ2) is 7.22. The van der Waals surface area contributed by atoms with E-state index in [4.69, 9.17) is 4.52 Å². The van der Waals surface area contributed by atoms with Crippen LogP contribution in [0.1, 0.15) is 43.3 Å². The van der Waals surface area contributed by atoms with E-state index in [-0.39, 0.29) is 18.3 Å². The minimum absolute atomic E-state index is 0. The number of nitrogens with one attached hydrogen (secondary N) is 1. The number of halogens is 1. The molecule has 118 valence electrons. The molecule has 2 saturated heterocycles. The zero-order valence-electron chi connectivity index (χ0n) is 12.4. The Morgan fingerprint density at radius 2 is 2.10 bits per heavy atom. The molecule has 0 saturated carbocycles. The number of aryl methyl sites for hydroxylation is 1. The van der Waals surface area contributed by atoms with Crippen molar-refractivity contribution in [3.63, 3.8) is 0 Å². The van der Waals surface area contributed by atoms with Gasteiger partial charge in [-0.3, -0.25) is 4.79 Å². The van der Waals surface area contributed by atoms with Crippen LogP contribution in [0.4, 0.5) is 0 Å². The van der Waals surface area contributed by atoms with Crippen molar-refractivity contribution in [3.05, 3.63) is 11.7 Å². The van der Waals surface area contributed by atoms with Gasteiger partial charge in [-0.15, -0.1) is 12.4 Å². The molecule has 0 bridgehead atoms. The maximum absolute atomic E-state index is 12.4. The molecule has 2 fully saturated rings. The van der Waals surface area contributed by atoms with Crippen molar-refractivity contribution in [1.82, 2.24) is 20.4 Å². The van der Waals surface area contributed by atoms with E-state index in [9.17, 15) is 4.79 Å². The number of aromatic nitrogens is 2. The summed E-state index contributed by atoms with van der Waals surface area (Å²) in [5.74, 6) is 2.22. The number of rotatable bonds is 2. The van der Waals surface area contributed by atoms with Gasteiger partial charge >= 0.3 is 0 Å². The summed E-state index contributed by atoms with van der Waals surface area (Å²) < 4.78 is 5.24. The lowest BCUT2D eigenvalue weighted by molar-refractivity contribution is -0.137. The van der Waals surface area contributed by atoms with Crippen molar-refractivity contribution in [1.29, 1.82) is 0 Å². The molecule has 0 aliphatic carbocycles. The highest BCUT2D eigenvalue weighted by Gasteiger charge is 2.31. The fourth-order valence-electron chi connectivity index (χ4n) is 3.15. The van der Waals surface area contributed by atoms with E-state index in [2.05, 4.69) is 15.5 Å². The minimum Gasteiger partial charge on any atom is -0.342 e. The molecule has 3 rings (SSSR count). The van der Waals surface area contributed by atoms with Gasteiger partial charge in [-0.1, -0.05) is 5.16 Å². The van der Waals surface area contributed by atoms with Crippen LogP contribution < -0.4 is 5.32 Å². The molecule has 1 aromatic heterocycles. The Morgan fingerprint density at radius 1 is 1.33 bits per heavy atom. The summed E-state index contributed by atoms with van der Waals surface area (Å²) in [5.41, 5.74) is 0. The van der Waals surface area contributed by atoms with E-state index < -0.39 is 0 Å². The Hall–Kier alpha value is -1.14. The standard InChI is InChI=1S/C14H22N4O2.ClH/c1-10-16-13(20-17-10)11-4-7-18(8-5-11)14(19)12-3-2-6-15-9-12;/h11-12,15H,2-9H2,1H3;1H. The first-order chi connectivity index (χ1) is 9.74. The second-order valence-corrected chi connectivity index (χ2v) is 5.82. The molecule has 6 nitrogen and oxygen atoms in total. The topological polar surface area (TPSA) is 71.3 Å². The molecule has 0 aromatic carbocycles. The van der Waals surface area contributed by atoms with E-state index in [0.717, 1.165) is 57.8 Å². The smallest absolute Gasteiger partial charge is 0.229 e. The van der Waals surface area contributed by atoms with Crippen LogP contribution in [0.15, 0.2) is 4.52 Å². The van der Waals surface area contributed by atoms with Crippen LogP contribution in [0.3, 0.4) is 0 Å². The Labute approximate surface area is 131 Å². The second-order valence-electron chi connectivity index (χ2n) is 5.82. The molecule has 1 unspecified atom stereocenters. The summed E-state index contributed by atoms with van der Waals surface area (Å²) in [6.45, 7) is 5.33. The van der Waals surface area contributed by atoms with Gasteiger partial charge in [0.25, 0.3) is 0 Å². The molecule has 0 spiro atoms. The van der Waals surface area contributed by atoms with Crippen molar-refractivity contribution in [3.8, 4) is 0 Å². The van der Waals surface area contributed by atoms with Crippen LogP contribution in [0.2, 0.25) is 0 Å². The van der Waals surface area contributed by atoms with Crippen molar-refractivity contribution < 1.29 is 9.32 Å². The number of amides is 1. The highest BCUT2D eigenvalue weighted by molar-refractivity contribution is 5.85. The first-order valence-electron chi connectivity index (χ1n) is 7.54. The van der Waals surface area contributed by atoms with Gasteiger partial charge in [0.1, 0.15) is 0 Å². The summed E-state index contributed by atoms with van der Waals surface area (Å²) in [7, 11) is 0. The monoisotopic (exact) mass is 314 g/mol. The molecule has 21 heavy (non-hydrogen) atoms. The van der Waals surface area contributed by atoms with Crippen LogP contribution in [0.5, 0.6) is 0 Å². The van der Waals surface area contributed by atoms with Gasteiger partial charge in [0.2, 0.25) is 11.8 Å². The maximum Gasteiger partial charge on any atom is 0.229 e. The molecule has 7 heteroatoms. The van der Waals surface area contributed by atoms with Gasteiger partial charge in [0, 0.05) is 25.6 Å². The molecule has 2 aliphatic rings. The summed E-state index contributed by atoms with van der Waals surface area (Å²) in [4.78, 5) is 18.7. The van der Waals surface area contributed by atoms with Gasteiger partial charge in [-0.25, -0.2) is 0 Å². The van der Waals surface area contributed by atoms with E-state index in [1.165, 1.54) is 0 Å². The van der Waals surface area contributed by atoms with Crippen molar-refractivity contribution in [2.45, 2.75) is 38.5 Å². The van der Waals surface area contributed by atoms with E-state index >= 15 is 0 Å². The predicted octanol–water partition coefficient (Wildman–Crippen LogP) is 1.51. The fraction of sp³-hybridized carbons (Fsp3) is 0.786. The van der Waals surface area contributed by atoms with Crippen molar-refractivity contribution in [2.24, 2.45) is 5.92 Å². The first kappa shape index (κ1) is 16.2. The first-order valence-corrected chi connectivity index (χ1v) is 7.54. The highest BCUT2D eigenvalue weighted by Crippen LogP contribution is 2.28. The van der Waals surface area contributed by atoms with Crippen LogP contribution >= 0.6 is 12.4 Å². The van der Waals surface area contributed by atoms with Crippen LogP contribution in [-0.4, -0.2) is 47.1 Å². The quantitative estimate of drug-likeness (QED) is 0.896. The minimum atomic E-state index is 0. The maximum atomic E-state index is 12.4. The molecule has 1 N–H and O–H groups in total. The molecule has 0 radical (unpaired) electrons. The predicted molar refractivity (Wildman–Crippen MR) is 80.4 cm³/mol. The van der Waals surface area contributed by atoms with Gasteiger partial charge < -0.3 is 14.7 Å². The average Bonchev–Trinajstić information content (AvgIpc) is 2.94. The Balaban J connectivity index is 0.00000161. The summed E-state index contributed by atoms with van der Waals surface area (Å²) in [6, 6.07) is 0. The largest absolute Gasteiger partial charge is 0.342 e. The number of nitrogens with zero attached hydrogens (tertiary/aromatic N) is 3. The number of hydrogen-bond acceptors (Lipinski definition) is 5. The highest BCUT2D eigenvalue weighted by atomic mass is 35.5. The average molecular weight is 315 g/mol. The lowest BCUT2D eigenvalue weighted by Gasteiger charge is -2.34. The van der Waals surface area contributed by atoms with Crippen molar-refractivity contribution >= 4 is 18.3 Å². The number of hydrogen-bond donors (Lipinski definition) is 1. The van der Waals surface area contributed by atoms with Gasteiger partial charge in [-0.05, 0) is 39.2 Å². The normalized spacial score (nSPS) is 23.7. The zero-order valence-corrected chi connectivity index (χ0v) is 13.2. The molecule has 1 amide bonds. The van der Waals surface area contributed by atoms with Crippen LogP contribution in [0, 0.1) is 12.8 Å². The van der Waals surface area contributed by atoms with E-state index in [1.807, 2.05) is 11.8 Å². The molecular weight excluding hydrogens is 292 g/mol. The zero-order chi connectivity index (χ0) is 13.9. The van der Waals surface area contributed by atoms with E-state index in [1.54, 1.807) is 0 Å². The van der Waals surface area contributed by atoms with Gasteiger partial charge in [0.15, 0.2) is 5.82 Å². The number of piperidine rings is 2. The molecular formula is C14H23ClN4O2. The lowest BCUT2D eigenvalue weighted by Crippen LogP contribution is -2.45. The number of carbonyl (C=O) groups is 1. The molecule has 1 atom stereocenters. The fourth-order valence-corrected chi connectivity index (χ4v) is 3.15. The Morgan fingerprint density at radius 3 is 2.67 bits per heavy atom. The molecule has 1 aromatic rings. The Kier molecular flexibility index (Phi) is 5.58. The van der Waals surface area contributed by atoms with Crippen LogP contribution in [-0.2, 0) is 4.79 Å². The third-order valence-corrected chi connectivity index (χ3v) is 4.35. The van der Waals surface area contributed by atoms with Gasteiger partial charge in [0.05, 0.1) is 5.92 Å². The molecule has 3 heterocycles. The number of likely N-dealkylation sites (tertiary alicyclic amines) is 1. The third-order valence-electron chi connectivity index (χ3n) is 4.35. The van der Waals surface area contributed by atoms with Crippen LogP contribution in [0.25, 0.3) is 0 Å². The SMILES string of the molecule is Cc1noc(C2CCN(C(=O)C3CCCNC3)CC2)n1.Cl. The summed E-state index contributed by atoms with van der Waals surface area (Å²) in [5, 5.41) is 7.16.